The van der Waals surface area contributed by atoms with Crippen LogP contribution >= 0.6 is 11.3 Å². The Kier molecular flexibility index (Phi) is 8.35. The smallest absolute Gasteiger partial charge is 0.165 e. The van der Waals surface area contributed by atoms with Gasteiger partial charge in [0.2, 0.25) is 0 Å². The number of rotatable bonds is 6. The second-order valence-corrected chi connectivity index (χ2v) is 17.4. The number of hydrogen-bond donors (Lipinski definition) is 0. The van der Waals surface area contributed by atoms with E-state index in [1.54, 1.807) is 11.3 Å². The minimum atomic E-state index is 0.623. The van der Waals surface area contributed by atoms with Crippen LogP contribution < -0.4 is 10.6 Å². The van der Waals surface area contributed by atoms with Crippen LogP contribution in [0.1, 0.15) is 12.5 Å². The van der Waals surface area contributed by atoms with Crippen LogP contribution in [0.4, 0.5) is 0 Å². The lowest BCUT2D eigenvalue weighted by molar-refractivity contribution is 0.577. The Morgan fingerprint density at radius 3 is 1.89 bits per heavy atom. The van der Waals surface area contributed by atoms with Gasteiger partial charge in [-0.2, -0.15) is 0 Å². The number of aromatic nitrogens is 4. The van der Waals surface area contributed by atoms with Crippen molar-refractivity contribution >= 4 is 104 Å². The van der Waals surface area contributed by atoms with E-state index in [0.717, 1.165) is 87.4 Å². The highest BCUT2D eigenvalue weighted by Gasteiger charge is 2.21. The van der Waals surface area contributed by atoms with Crippen LogP contribution in [0.5, 0.6) is 0 Å². The molecule has 0 saturated heterocycles. The standard InChI is InChI=1S/C58H36N4O2S/c1-3-35(30-44-34(2)63-52-32-46-40-21-11-13-27-51(40)64-53(46)33-47(44)52)38-28-29-49-45(31-38)39-20-10-12-25-48(39)62(49)50-26-15-23-42-41-22-14-24-43(54(41)65-55(42)50)58-60-56(36-16-6-4-7-17-36)59-57(61-58)37-18-8-5-9-19-37/h3-33H,2H2,1H3/b35-3+,44-30+. The summed E-state index contributed by atoms with van der Waals surface area (Å²) in [5.74, 6) is 1.94. The molecular formula is C58H36N4O2S. The summed E-state index contributed by atoms with van der Waals surface area (Å²) >= 11 is 1.79. The lowest BCUT2D eigenvalue weighted by Crippen LogP contribution is -2.18. The summed E-state index contributed by atoms with van der Waals surface area (Å²) < 4.78 is 17.3. The van der Waals surface area contributed by atoms with E-state index in [-0.39, 0.29) is 0 Å². The Bertz CT molecular complexity index is 4160. The number of benzene rings is 8. The molecule has 0 atom stereocenters. The number of fused-ring (bicyclic) bond motifs is 10. The molecule has 0 aliphatic carbocycles. The lowest BCUT2D eigenvalue weighted by atomic mass is 10.0. The molecule has 5 aromatic heterocycles. The molecule has 65 heavy (non-hydrogen) atoms. The molecule has 0 fully saturated rings. The van der Waals surface area contributed by atoms with Crippen molar-refractivity contribution in [2.75, 3.05) is 0 Å². The summed E-state index contributed by atoms with van der Waals surface area (Å²) in [6, 6.07) is 61.2. The van der Waals surface area contributed by atoms with Crippen molar-refractivity contribution in [1.29, 1.82) is 0 Å². The number of hydrogen-bond acceptors (Lipinski definition) is 6. The highest BCUT2D eigenvalue weighted by Crippen LogP contribution is 2.44. The molecule has 0 amide bonds. The van der Waals surface area contributed by atoms with Gasteiger partial charge in [0.25, 0.3) is 0 Å². The minimum absolute atomic E-state index is 0.623. The molecule has 306 valence electrons. The number of nitrogens with zero attached hydrogens (tertiary/aromatic N) is 4. The molecule has 5 heterocycles. The van der Waals surface area contributed by atoms with Crippen LogP contribution in [0, 0.1) is 0 Å². The minimum Gasteiger partial charge on any atom is -0.457 e. The lowest BCUT2D eigenvalue weighted by Gasteiger charge is -2.10. The first kappa shape index (κ1) is 37.2. The molecule has 8 aromatic carbocycles. The summed E-state index contributed by atoms with van der Waals surface area (Å²) in [4.78, 5) is 15.2. The predicted octanol–water partition coefficient (Wildman–Crippen LogP) is 14.3. The van der Waals surface area contributed by atoms with E-state index in [0.29, 0.717) is 22.9 Å². The first-order valence-corrected chi connectivity index (χ1v) is 22.5. The third kappa shape index (κ3) is 5.90. The third-order valence-corrected chi connectivity index (χ3v) is 13.9. The average molecular weight is 853 g/mol. The van der Waals surface area contributed by atoms with E-state index in [4.69, 9.17) is 23.8 Å². The topological polar surface area (TPSA) is 69.9 Å². The Labute approximate surface area is 376 Å². The first-order valence-electron chi connectivity index (χ1n) is 21.6. The van der Waals surface area contributed by atoms with Gasteiger partial charge in [0.15, 0.2) is 17.5 Å². The van der Waals surface area contributed by atoms with E-state index < -0.39 is 0 Å². The number of furan rings is 2. The zero-order valence-corrected chi connectivity index (χ0v) is 35.9. The largest absolute Gasteiger partial charge is 0.457 e. The van der Waals surface area contributed by atoms with Gasteiger partial charge in [0, 0.05) is 64.3 Å². The van der Waals surface area contributed by atoms with Gasteiger partial charge >= 0.3 is 0 Å². The third-order valence-electron chi connectivity index (χ3n) is 12.6. The van der Waals surface area contributed by atoms with Crippen molar-refractivity contribution in [1.82, 2.24) is 19.5 Å². The number of thiophene rings is 1. The Balaban J connectivity index is 0.964. The highest BCUT2D eigenvalue weighted by atomic mass is 32.1. The van der Waals surface area contributed by atoms with E-state index >= 15 is 0 Å². The summed E-state index contributed by atoms with van der Waals surface area (Å²) in [6.45, 7) is 6.42. The van der Waals surface area contributed by atoms with Crippen molar-refractivity contribution < 1.29 is 8.83 Å². The molecule has 0 bridgehead atoms. The molecule has 0 unspecified atom stereocenters. The van der Waals surface area contributed by atoms with Crippen LogP contribution in [0.2, 0.25) is 0 Å². The summed E-state index contributed by atoms with van der Waals surface area (Å²) in [5.41, 5.74) is 11.5. The molecular weight excluding hydrogens is 817 g/mol. The Morgan fingerprint density at radius 2 is 1.12 bits per heavy atom. The maximum Gasteiger partial charge on any atom is 0.165 e. The van der Waals surface area contributed by atoms with Crippen molar-refractivity contribution in [3.05, 3.63) is 198 Å². The van der Waals surface area contributed by atoms with Gasteiger partial charge in [-0.05, 0) is 72.7 Å². The van der Waals surface area contributed by atoms with Gasteiger partial charge in [0.1, 0.15) is 22.2 Å². The zero-order valence-electron chi connectivity index (χ0n) is 35.1. The molecule has 6 nitrogen and oxygen atoms in total. The fourth-order valence-corrected chi connectivity index (χ4v) is 10.8. The van der Waals surface area contributed by atoms with Crippen molar-refractivity contribution in [3.63, 3.8) is 0 Å². The SMILES string of the molecule is C=c1oc2cc3c(cc2/c1=C/C(=C\C)c1ccc2c(c1)c1ccccc1n2-c1cccc2c1sc1c(-c4nc(-c5ccccc5)nc(-c5ccccc5)n4)cccc12)oc1ccccc13. The Hall–Kier alpha value is -8.39. The number of allylic oxidation sites excluding steroid dienone is 2. The van der Waals surface area contributed by atoms with Crippen LogP contribution in [-0.2, 0) is 0 Å². The van der Waals surface area contributed by atoms with E-state index in [1.807, 2.05) is 78.9 Å². The first-order chi connectivity index (χ1) is 32.1. The fourth-order valence-electron chi connectivity index (χ4n) is 9.53. The monoisotopic (exact) mass is 852 g/mol. The van der Waals surface area contributed by atoms with E-state index in [1.165, 1.54) is 26.2 Å². The van der Waals surface area contributed by atoms with Crippen LogP contribution in [0.3, 0.4) is 0 Å². The summed E-state index contributed by atoms with van der Waals surface area (Å²) in [5, 5.41) is 8.74. The summed E-state index contributed by atoms with van der Waals surface area (Å²) in [6.07, 6.45) is 4.35. The van der Waals surface area contributed by atoms with E-state index in [9.17, 15) is 0 Å². The van der Waals surface area contributed by atoms with Gasteiger partial charge in [-0.1, -0.05) is 140 Å². The normalized spacial score (nSPS) is 12.6. The van der Waals surface area contributed by atoms with Crippen molar-refractivity contribution in [2.24, 2.45) is 0 Å². The molecule has 0 aliphatic rings. The highest BCUT2D eigenvalue weighted by molar-refractivity contribution is 7.26. The molecule has 0 aliphatic heterocycles. The van der Waals surface area contributed by atoms with Gasteiger partial charge in [0.05, 0.1) is 21.4 Å². The van der Waals surface area contributed by atoms with Crippen molar-refractivity contribution in [3.8, 4) is 39.9 Å². The molecule has 13 aromatic rings. The average Bonchev–Trinajstić information content (AvgIpc) is 4.11. The van der Waals surface area contributed by atoms with Gasteiger partial charge in [-0.3, -0.25) is 0 Å². The molecule has 0 N–H and O–H groups in total. The Morgan fingerprint density at radius 1 is 0.508 bits per heavy atom. The molecule has 7 heteroatoms. The van der Waals surface area contributed by atoms with Crippen molar-refractivity contribution in [2.45, 2.75) is 6.92 Å². The molecule has 0 radical (unpaired) electrons. The van der Waals surface area contributed by atoms with Gasteiger partial charge in [-0.15, -0.1) is 11.3 Å². The predicted molar refractivity (Wildman–Crippen MR) is 270 cm³/mol. The molecule has 13 rings (SSSR count). The second kappa shape index (κ2) is 14.6. The zero-order chi connectivity index (χ0) is 43.2. The summed E-state index contributed by atoms with van der Waals surface area (Å²) in [7, 11) is 0. The van der Waals surface area contributed by atoms with Crippen LogP contribution in [0.25, 0.3) is 133 Å². The van der Waals surface area contributed by atoms with Crippen LogP contribution in [0.15, 0.2) is 191 Å². The number of para-hydroxylation sites is 2. The van der Waals surface area contributed by atoms with E-state index in [2.05, 4.69) is 127 Å². The fraction of sp³-hybridized carbons (Fsp3) is 0.0172. The van der Waals surface area contributed by atoms with Gasteiger partial charge < -0.3 is 13.4 Å². The maximum absolute atomic E-state index is 6.30. The second-order valence-electron chi connectivity index (χ2n) is 16.3. The quantitative estimate of drug-likeness (QED) is 0.167. The van der Waals surface area contributed by atoms with Crippen LogP contribution in [-0.4, -0.2) is 19.5 Å². The maximum atomic E-state index is 6.30. The molecule has 0 saturated carbocycles. The van der Waals surface area contributed by atoms with Gasteiger partial charge in [-0.25, -0.2) is 15.0 Å². The molecule has 0 spiro atoms.